The minimum Gasteiger partial charge on any atom is -0.480 e. The molecule has 54 heavy (non-hydrogen) atoms. The van der Waals surface area contributed by atoms with E-state index in [2.05, 4.69) is 16.0 Å². The van der Waals surface area contributed by atoms with Crippen LogP contribution in [0.5, 0.6) is 5.75 Å². The van der Waals surface area contributed by atoms with Crippen LogP contribution < -0.4 is 20.7 Å². The predicted octanol–water partition coefficient (Wildman–Crippen LogP) is 2.13. The van der Waals surface area contributed by atoms with E-state index in [9.17, 15) is 43.5 Å². The Bertz CT molecular complexity index is 1490. The lowest BCUT2D eigenvalue weighted by Crippen LogP contribution is -2.63. The molecule has 0 saturated carbocycles. The number of alkyl carbamates (subject to hydrolysis) is 1. The summed E-state index contributed by atoms with van der Waals surface area (Å²) in [5, 5.41) is 17.0. The maximum Gasteiger partial charge on any atom is 0.408 e. The maximum atomic E-state index is 12.5. The first-order valence-corrected chi connectivity index (χ1v) is 17.1. The fourth-order valence-electron chi connectivity index (χ4n) is 4.98. The number of carbonyl (C=O) groups is 8. The molecular weight excluding hydrogens is 718 g/mol. The quantitative estimate of drug-likeness (QED) is 0.0948. The first-order valence-electron chi connectivity index (χ1n) is 17.1. The standard InChI is InChI=1S/C35H49N3O16/c1-19(39)48-18-26-29(49-20(2)40)30(50-21(3)41)31(51-22(4)42)33(53-26)52-24-13-11-23(12-14-24)37-28(44)16-15-27(43)36-17-9-8-10-25(32(45)46)38-34(47)54-35(5,6)7/h11-14,25-26,29-31,33H,8-10,15-18H2,1-7H3,(H,36,43)(H,37,44)(H,38,47)(H,45,46)/t25-,26-,29-,30+,31+,33+/m1/s1. The van der Waals surface area contributed by atoms with E-state index in [0.717, 1.165) is 27.7 Å². The minimum absolute atomic E-state index is 0.117. The van der Waals surface area contributed by atoms with Gasteiger partial charge in [-0.25, -0.2) is 9.59 Å². The van der Waals surface area contributed by atoms with Crippen molar-refractivity contribution in [2.24, 2.45) is 0 Å². The molecule has 0 bridgehead atoms. The molecule has 300 valence electrons. The average Bonchev–Trinajstić information content (AvgIpc) is 3.04. The number of carbonyl (C=O) groups excluding carboxylic acids is 7. The van der Waals surface area contributed by atoms with Gasteiger partial charge in [0.05, 0.1) is 0 Å². The lowest BCUT2D eigenvalue weighted by molar-refractivity contribution is -0.288. The molecule has 0 radical (unpaired) electrons. The third kappa shape index (κ3) is 16.9. The van der Waals surface area contributed by atoms with Crippen molar-refractivity contribution < 1.29 is 76.6 Å². The van der Waals surface area contributed by atoms with Crippen LogP contribution in [-0.2, 0) is 62.0 Å². The van der Waals surface area contributed by atoms with Crippen LogP contribution in [0.2, 0.25) is 0 Å². The highest BCUT2D eigenvalue weighted by Gasteiger charge is 2.53. The summed E-state index contributed by atoms with van der Waals surface area (Å²) in [6.45, 7) is 9.24. The van der Waals surface area contributed by atoms with Crippen molar-refractivity contribution in [2.75, 3.05) is 18.5 Å². The Balaban J connectivity index is 1.94. The molecule has 1 aliphatic heterocycles. The number of esters is 4. The van der Waals surface area contributed by atoms with Gasteiger partial charge in [0, 0.05) is 52.8 Å². The Hall–Kier alpha value is -5.46. The van der Waals surface area contributed by atoms with Gasteiger partial charge in [-0.1, -0.05) is 0 Å². The van der Waals surface area contributed by atoms with Crippen molar-refractivity contribution in [3.63, 3.8) is 0 Å². The molecule has 0 aliphatic carbocycles. The Morgan fingerprint density at radius 1 is 0.778 bits per heavy atom. The largest absolute Gasteiger partial charge is 0.480 e. The molecule has 1 aliphatic rings. The van der Waals surface area contributed by atoms with Crippen LogP contribution in [0.25, 0.3) is 0 Å². The van der Waals surface area contributed by atoms with Gasteiger partial charge in [0.25, 0.3) is 0 Å². The van der Waals surface area contributed by atoms with Crippen molar-refractivity contribution >= 4 is 53.4 Å². The second-order valence-corrected chi connectivity index (χ2v) is 13.1. The monoisotopic (exact) mass is 767 g/mol. The Morgan fingerprint density at radius 2 is 1.35 bits per heavy atom. The van der Waals surface area contributed by atoms with E-state index >= 15 is 0 Å². The summed E-state index contributed by atoms with van der Waals surface area (Å²) in [6.07, 6.45) is -6.99. The zero-order valence-corrected chi connectivity index (χ0v) is 31.3. The Morgan fingerprint density at radius 3 is 1.91 bits per heavy atom. The van der Waals surface area contributed by atoms with Crippen molar-refractivity contribution in [2.45, 2.75) is 123 Å². The van der Waals surface area contributed by atoms with Gasteiger partial charge in [-0.3, -0.25) is 28.8 Å². The topological polar surface area (TPSA) is 257 Å². The number of benzene rings is 1. The zero-order valence-electron chi connectivity index (χ0n) is 31.3. The van der Waals surface area contributed by atoms with Gasteiger partial charge >= 0.3 is 35.9 Å². The average molecular weight is 768 g/mol. The molecule has 3 amide bonds. The van der Waals surface area contributed by atoms with Crippen molar-refractivity contribution in [1.82, 2.24) is 10.6 Å². The van der Waals surface area contributed by atoms with Crippen molar-refractivity contribution in [3.05, 3.63) is 24.3 Å². The van der Waals surface area contributed by atoms with E-state index in [1.807, 2.05) is 0 Å². The smallest absolute Gasteiger partial charge is 0.408 e. The molecule has 4 N–H and O–H groups in total. The van der Waals surface area contributed by atoms with Crippen LogP contribution in [-0.4, -0.2) is 108 Å². The summed E-state index contributed by atoms with van der Waals surface area (Å²) in [7, 11) is 0. The third-order valence-corrected chi connectivity index (χ3v) is 7.15. The van der Waals surface area contributed by atoms with Crippen molar-refractivity contribution in [3.8, 4) is 5.75 Å². The first kappa shape index (κ1) is 44.7. The highest BCUT2D eigenvalue weighted by Crippen LogP contribution is 2.31. The SMILES string of the molecule is CC(=O)OC[C@H]1O[C@H](Oc2ccc(NC(=O)CCC(=O)NCCCC[C@@H](NC(=O)OC(C)(C)C)C(=O)O)cc2)[C@@H](OC(C)=O)[C@@H](OC(C)=O)[C@@H]1OC(C)=O. The summed E-state index contributed by atoms with van der Waals surface area (Å²) in [4.78, 5) is 95.7. The van der Waals surface area contributed by atoms with Gasteiger partial charge in [-0.05, 0) is 64.3 Å². The van der Waals surface area contributed by atoms with E-state index in [0.29, 0.717) is 18.5 Å². The molecule has 1 aromatic rings. The normalized spacial score (nSPS) is 19.9. The highest BCUT2D eigenvalue weighted by atomic mass is 16.7. The van der Waals surface area contributed by atoms with Gasteiger partial charge in [-0.2, -0.15) is 0 Å². The first-order chi connectivity index (χ1) is 25.2. The molecule has 6 atom stereocenters. The predicted molar refractivity (Wildman–Crippen MR) is 185 cm³/mol. The highest BCUT2D eigenvalue weighted by molar-refractivity contribution is 5.93. The third-order valence-electron chi connectivity index (χ3n) is 7.15. The number of aliphatic carboxylic acids is 1. The molecule has 0 aromatic heterocycles. The van der Waals surface area contributed by atoms with Crippen molar-refractivity contribution in [1.29, 1.82) is 0 Å². The van der Waals surface area contributed by atoms with E-state index in [-0.39, 0.29) is 37.5 Å². The fraction of sp³-hybridized carbons (Fsp3) is 0.600. The van der Waals surface area contributed by atoms with Gasteiger partial charge in [0.15, 0.2) is 12.2 Å². The number of carboxylic acids is 1. The van der Waals surface area contributed by atoms with Crippen LogP contribution in [0.15, 0.2) is 24.3 Å². The van der Waals surface area contributed by atoms with Crippen LogP contribution in [0.4, 0.5) is 10.5 Å². The molecule has 0 spiro atoms. The fourth-order valence-corrected chi connectivity index (χ4v) is 4.98. The van der Waals surface area contributed by atoms with Gasteiger partial charge < -0.3 is 54.2 Å². The number of ether oxygens (including phenoxy) is 7. The summed E-state index contributed by atoms with van der Waals surface area (Å²) in [5.74, 6) is -4.93. The Kier molecular flexibility index (Phi) is 17.6. The lowest BCUT2D eigenvalue weighted by Gasteiger charge is -2.43. The minimum atomic E-state index is -1.45. The van der Waals surface area contributed by atoms with Crippen LogP contribution in [0.1, 0.15) is 80.6 Å². The summed E-state index contributed by atoms with van der Waals surface area (Å²) in [5.41, 5.74) is -0.430. The van der Waals surface area contributed by atoms with Gasteiger partial charge in [0.1, 0.15) is 30.1 Å². The molecule has 1 heterocycles. The van der Waals surface area contributed by atoms with Crippen LogP contribution >= 0.6 is 0 Å². The van der Waals surface area contributed by atoms with Crippen LogP contribution in [0.3, 0.4) is 0 Å². The number of anilines is 1. The molecule has 1 fully saturated rings. The molecule has 19 heteroatoms. The van der Waals surface area contributed by atoms with E-state index in [4.69, 9.17) is 33.2 Å². The second-order valence-electron chi connectivity index (χ2n) is 13.1. The van der Waals surface area contributed by atoms with E-state index in [1.165, 1.54) is 24.3 Å². The number of rotatable bonds is 18. The number of carboxylic acid groups (broad SMARTS) is 1. The molecule has 1 saturated heterocycles. The molecular formula is C35H49N3O16. The second kappa shape index (κ2) is 21.3. The number of unbranched alkanes of at least 4 members (excludes halogenated alkanes) is 1. The molecule has 0 unspecified atom stereocenters. The lowest BCUT2D eigenvalue weighted by atomic mass is 9.98. The molecule has 1 aromatic carbocycles. The number of amides is 3. The maximum absolute atomic E-state index is 12.5. The molecule has 19 nitrogen and oxygen atoms in total. The number of hydrogen-bond donors (Lipinski definition) is 4. The number of hydrogen-bond acceptors (Lipinski definition) is 15. The number of nitrogens with one attached hydrogen (secondary N) is 3. The summed E-state index contributed by atoms with van der Waals surface area (Å²) >= 11 is 0. The zero-order chi connectivity index (χ0) is 40.6. The van der Waals surface area contributed by atoms with E-state index in [1.54, 1.807) is 20.8 Å². The van der Waals surface area contributed by atoms with Gasteiger partial charge in [-0.15, -0.1) is 0 Å². The molecule has 2 rings (SSSR count). The Labute approximate surface area is 312 Å². The summed E-state index contributed by atoms with van der Waals surface area (Å²) in [6, 6.07) is 4.73. The summed E-state index contributed by atoms with van der Waals surface area (Å²) < 4.78 is 38.1. The van der Waals surface area contributed by atoms with E-state index < -0.39 is 90.8 Å². The van der Waals surface area contributed by atoms with Crippen LogP contribution in [0, 0.1) is 0 Å². The van der Waals surface area contributed by atoms with Gasteiger partial charge in [0.2, 0.25) is 24.2 Å².